The van der Waals surface area contributed by atoms with Crippen molar-refractivity contribution in [3.8, 4) is 0 Å². The third-order valence-electron chi connectivity index (χ3n) is 3.19. The van der Waals surface area contributed by atoms with Crippen LogP contribution >= 0.6 is 0 Å². The number of hydrogen-bond acceptors (Lipinski definition) is 3. The zero-order chi connectivity index (χ0) is 11.3. The highest BCUT2D eigenvalue weighted by Crippen LogP contribution is 2.27. The lowest BCUT2D eigenvalue weighted by molar-refractivity contribution is 0.555. The first kappa shape index (κ1) is 13.0. The highest BCUT2D eigenvalue weighted by atomic mass is 32.2. The fourth-order valence-corrected chi connectivity index (χ4v) is 4.14. The predicted molar refractivity (Wildman–Crippen MR) is 63.8 cm³/mol. The molecule has 0 radical (unpaired) electrons. The van der Waals surface area contributed by atoms with E-state index in [4.69, 9.17) is 0 Å². The summed E-state index contributed by atoms with van der Waals surface area (Å²) in [7, 11) is -2.88. The van der Waals surface area contributed by atoms with E-state index in [0.29, 0.717) is 6.54 Å². The van der Waals surface area contributed by atoms with E-state index >= 15 is 0 Å². The third kappa shape index (κ3) is 3.45. The fraction of sp³-hybridized carbons (Fsp3) is 1.00. The molecule has 1 fully saturated rings. The molecule has 1 saturated carbocycles. The van der Waals surface area contributed by atoms with Crippen LogP contribution in [0.15, 0.2) is 0 Å². The maximum Gasteiger partial charge on any atom is 0.156 e. The molecule has 1 aliphatic rings. The molecule has 0 saturated heterocycles. The monoisotopic (exact) mass is 233 g/mol. The normalized spacial score (nSPS) is 20.7. The van der Waals surface area contributed by atoms with Gasteiger partial charge in [0.2, 0.25) is 0 Å². The minimum Gasteiger partial charge on any atom is -0.315 e. The molecule has 0 bridgehead atoms. The molecular weight excluding hydrogens is 210 g/mol. The second-order valence-corrected chi connectivity index (χ2v) is 7.16. The number of rotatable bonds is 6. The van der Waals surface area contributed by atoms with Crippen molar-refractivity contribution in [1.82, 2.24) is 5.32 Å². The molecule has 0 aromatic carbocycles. The summed E-state index contributed by atoms with van der Waals surface area (Å²) in [6, 6.07) is 0. The van der Waals surface area contributed by atoms with Crippen molar-refractivity contribution in [2.75, 3.05) is 13.1 Å². The van der Waals surface area contributed by atoms with Crippen molar-refractivity contribution in [2.45, 2.75) is 56.5 Å². The van der Waals surface area contributed by atoms with Gasteiger partial charge in [-0.3, -0.25) is 0 Å². The largest absolute Gasteiger partial charge is 0.315 e. The highest BCUT2D eigenvalue weighted by Gasteiger charge is 2.32. The van der Waals surface area contributed by atoms with Gasteiger partial charge in [-0.25, -0.2) is 8.42 Å². The minimum atomic E-state index is -2.88. The van der Waals surface area contributed by atoms with Crippen LogP contribution < -0.4 is 5.32 Å². The van der Waals surface area contributed by atoms with E-state index in [1.165, 1.54) is 0 Å². The SMILES string of the molecule is CCCNCC(C)S(=O)(=O)C1CCCC1. The summed E-state index contributed by atoms with van der Waals surface area (Å²) in [5.74, 6) is 0. The van der Waals surface area contributed by atoms with Crippen LogP contribution in [0.2, 0.25) is 0 Å². The molecule has 0 aromatic heterocycles. The van der Waals surface area contributed by atoms with Crippen LogP contribution in [-0.4, -0.2) is 32.0 Å². The lowest BCUT2D eigenvalue weighted by atomic mass is 10.4. The standard InChI is InChI=1S/C11H23NO2S/c1-3-8-12-9-10(2)15(13,14)11-6-4-5-7-11/h10-12H,3-9H2,1-2H3. The van der Waals surface area contributed by atoms with E-state index < -0.39 is 9.84 Å². The Hall–Kier alpha value is -0.0900. The zero-order valence-electron chi connectivity index (χ0n) is 9.83. The van der Waals surface area contributed by atoms with E-state index in [1.54, 1.807) is 0 Å². The van der Waals surface area contributed by atoms with Crippen LogP contribution in [0.5, 0.6) is 0 Å². The minimum absolute atomic E-state index is 0.0593. The predicted octanol–water partition coefficient (Wildman–Crippen LogP) is 1.73. The molecule has 1 unspecified atom stereocenters. The van der Waals surface area contributed by atoms with Crippen LogP contribution in [0, 0.1) is 0 Å². The first-order chi connectivity index (χ1) is 7.09. The van der Waals surface area contributed by atoms with Gasteiger partial charge in [0, 0.05) is 6.54 Å². The molecule has 0 aromatic rings. The fourth-order valence-electron chi connectivity index (χ4n) is 2.14. The number of sulfone groups is 1. The average molecular weight is 233 g/mol. The van der Waals surface area contributed by atoms with Gasteiger partial charge in [0.25, 0.3) is 0 Å². The Morgan fingerprint density at radius 3 is 2.47 bits per heavy atom. The topological polar surface area (TPSA) is 46.2 Å². The first-order valence-electron chi connectivity index (χ1n) is 6.02. The Labute approximate surface area is 93.6 Å². The Kier molecular flexibility index (Phi) is 5.06. The lowest BCUT2D eigenvalue weighted by Crippen LogP contribution is -2.36. The second kappa shape index (κ2) is 5.85. The van der Waals surface area contributed by atoms with Gasteiger partial charge in [-0.2, -0.15) is 0 Å². The number of hydrogen-bond donors (Lipinski definition) is 1. The smallest absolute Gasteiger partial charge is 0.156 e. The number of nitrogens with one attached hydrogen (secondary N) is 1. The summed E-state index contributed by atoms with van der Waals surface area (Å²) < 4.78 is 24.2. The van der Waals surface area contributed by atoms with Crippen molar-refractivity contribution >= 4 is 9.84 Å². The molecule has 0 amide bonds. The molecule has 0 heterocycles. The van der Waals surface area contributed by atoms with Crippen LogP contribution in [0.4, 0.5) is 0 Å². The molecule has 1 N–H and O–H groups in total. The van der Waals surface area contributed by atoms with E-state index in [1.807, 2.05) is 6.92 Å². The van der Waals surface area contributed by atoms with E-state index in [9.17, 15) is 8.42 Å². The van der Waals surface area contributed by atoms with Gasteiger partial charge in [0.15, 0.2) is 9.84 Å². The van der Waals surface area contributed by atoms with Crippen LogP contribution in [-0.2, 0) is 9.84 Å². The van der Waals surface area contributed by atoms with Crippen LogP contribution in [0.3, 0.4) is 0 Å². The molecule has 90 valence electrons. The van der Waals surface area contributed by atoms with E-state index in [2.05, 4.69) is 12.2 Å². The molecule has 1 aliphatic carbocycles. The summed E-state index contributed by atoms with van der Waals surface area (Å²) in [5.41, 5.74) is 0. The van der Waals surface area contributed by atoms with Gasteiger partial charge in [-0.05, 0) is 32.7 Å². The van der Waals surface area contributed by atoms with Crippen molar-refractivity contribution in [1.29, 1.82) is 0 Å². The van der Waals surface area contributed by atoms with Gasteiger partial charge in [0.05, 0.1) is 10.5 Å². The molecule has 0 spiro atoms. The Morgan fingerprint density at radius 2 is 1.93 bits per heavy atom. The molecule has 15 heavy (non-hydrogen) atoms. The molecular formula is C11H23NO2S. The Morgan fingerprint density at radius 1 is 1.33 bits per heavy atom. The van der Waals surface area contributed by atoms with Crippen LogP contribution in [0.1, 0.15) is 46.0 Å². The van der Waals surface area contributed by atoms with Crippen LogP contribution in [0.25, 0.3) is 0 Å². The maximum absolute atomic E-state index is 12.1. The highest BCUT2D eigenvalue weighted by molar-refractivity contribution is 7.92. The molecule has 0 aliphatic heterocycles. The van der Waals surface area contributed by atoms with E-state index in [-0.39, 0.29) is 10.5 Å². The Bertz CT molecular complexity index is 268. The summed E-state index contributed by atoms with van der Waals surface area (Å²) in [4.78, 5) is 0. The molecule has 1 rings (SSSR count). The molecule has 4 heteroatoms. The summed E-state index contributed by atoms with van der Waals surface area (Å²) in [5, 5.41) is 2.90. The molecule has 3 nitrogen and oxygen atoms in total. The lowest BCUT2D eigenvalue weighted by Gasteiger charge is -2.18. The van der Waals surface area contributed by atoms with Crippen molar-refractivity contribution in [3.05, 3.63) is 0 Å². The summed E-state index contributed by atoms with van der Waals surface area (Å²) in [6.07, 6.45) is 4.97. The zero-order valence-corrected chi connectivity index (χ0v) is 10.6. The van der Waals surface area contributed by atoms with Gasteiger partial charge in [-0.15, -0.1) is 0 Å². The summed E-state index contributed by atoms with van der Waals surface area (Å²) in [6.45, 7) is 5.43. The van der Waals surface area contributed by atoms with Gasteiger partial charge >= 0.3 is 0 Å². The van der Waals surface area contributed by atoms with Gasteiger partial charge in [0.1, 0.15) is 0 Å². The Balaban J connectivity index is 2.45. The van der Waals surface area contributed by atoms with Crippen molar-refractivity contribution < 1.29 is 8.42 Å². The van der Waals surface area contributed by atoms with Gasteiger partial charge in [-0.1, -0.05) is 19.8 Å². The molecule has 1 atom stereocenters. The first-order valence-corrected chi connectivity index (χ1v) is 7.63. The van der Waals surface area contributed by atoms with E-state index in [0.717, 1.165) is 38.6 Å². The third-order valence-corrected chi connectivity index (χ3v) is 5.88. The second-order valence-electron chi connectivity index (χ2n) is 4.51. The average Bonchev–Trinajstić information content (AvgIpc) is 2.71. The quantitative estimate of drug-likeness (QED) is 0.711. The van der Waals surface area contributed by atoms with Crippen molar-refractivity contribution in [3.63, 3.8) is 0 Å². The van der Waals surface area contributed by atoms with Gasteiger partial charge < -0.3 is 5.32 Å². The maximum atomic E-state index is 12.1. The summed E-state index contributed by atoms with van der Waals surface area (Å²) >= 11 is 0. The van der Waals surface area contributed by atoms with Crippen molar-refractivity contribution in [2.24, 2.45) is 0 Å².